The Balaban J connectivity index is 1.45. The maximum absolute atomic E-state index is 12.8. The molecule has 4 nitrogen and oxygen atoms in total. The Morgan fingerprint density at radius 2 is 1.61 bits per heavy atom. The van der Waals surface area contributed by atoms with Crippen molar-refractivity contribution in [2.24, 2.45) is 11.8 Å². The predicted octanol–water partition coefficient (Wildman–Crippen LogP) is 2.21. The smallest absolute Gasteiger partial charge is 0.247 e. The Labute approximate surface area is 146 Å². The Morgan fingerprint density at radius 1 is 0.957 bits per heavy atom. The van der Waals surface area contributed by atoms with E-state index in [1.807, 2.05) is 27.6 Å². The first-order valence-corrected chi connectivity index (χ1v) is 11.0. The molecule has 0 aromatic carbocycles. The summed E-state index contributed by atoms with van der Waals surface area (Å²) < 4.78 is 0. The van der Waals surface area contributed by atoms with Crippen LogP contribution in [0.5, 0.6) is 0 Å². The van der Waals surface area contributed by atoms with E-state index in [9.17, 15) is 9.59 Å². The normalized spacial score (nSPS) is 27.9. The predicted molar refractivity (Wildman–Crippen MR) is 95.4 cm³/mol. The molecular weight excluding hydrogens is 328 g/mol. The zero-order chi connectivity index (χ0) is 15.8. The molecule has 1 unspecified atom stereocenters. The summed E-state index contributed by atoms with van der Waals surface area (Å²) in [4.78, 5) is 29.3. The summed E-state index contributed by atoms with van der Waals surface area (Å²) in [6.07, 6.45) is 6.89. The highest BCUT2D eigenvalue weighted by atomic mass is 32.2. The van der Waals surface area contributed by atoms with Gasteiger partial charge in [0, 0.05) is 36.4 Å². The standard InChI is InChI=1S/C17H24N2O2S2/c20-16(9-14(12-1-2-12)13-3-4-13)19-11-23-10-15(19)17(21)18-5-7-22-8-6-18/h9,12-13,15H,1-8,10-11H2. The molecule has 23 heavy (non-hydrogen) atoms. The van der Waals surface area contributed by atoms with Crippen molar-refractivity contribution in [2.45, 2.75) is 31.7 Å². The Hall–Kier alpha value is -0.620. The van der Waals surface area contributed by atoms with Crippen LogP contribution in [0.25, 0.3) is 0 Å². The first-order valence-electron chi connectivity index (χ1n) is 8.70. The van der Waals surface area contributed by atoms with Gasteiger partial charge in [0.2, 0.25) is 11.8 Å². The molecule has 2 aliphatic heterocycles. The molecule has 2 saturated carbocycles. The second-order valence-corrected chi connectivity index (χ2v) is 9.18. The Bertz CT molecular complexity index is 509. The molecule has 0 spiro atoms. The third-order valence-electron chi connectivity index (χ3n) is 5.16. The van der Waals surface area contributed by atoms with Crippen molar-refractivity contribution in [1.29, 1.82) is 0 Å². The molecule has 0 aromatic heterocycles. The van der Waals surface area contributed by atoms with E-state index in [0.29, 0.717) is 17.7 Å². The summed E-state index contributed by atoms with van der Waals surface area (Å²) in [6, 6.07) is -0.244. The van der Waals surface area contributed by atoms with Crippen molar-refractivity contribution in [1.82, 2.24) is 9.80 Å². The van der Waals surface area contributed by atoms with E-state index < -0.39 is 0 Å². The number of rotatable bonds is 4. The third kappa shape index (κ3) is 3.58. The van der Waals surface area contributed by atoms with E-state index in [-0.39, 0.29) is 17.9 Å². The number of carbonyl (C=O) groups excluding carboxylic acids is 2. The van der Waals surface area contributed by atoms with Gasteiger partial charge in [0.1, 0.15) is 6.04 Å². The number of hydrogen-bond donors (Lipinski definition) is 0. The van der Waals surface area contributed by atoms with Crippen LogP contribution >= 0.6 is 23.5 Å². The molecule has 0 bridgehead atoms. The fraction of sp³-hybridized carbons (Fsp3) is 0.765. The molecule has 0 radical (unpaired) electrons. The van der Waals surface area contributed by atoms with Gasteiger partial charge < -0.3 is 9.80 Å². The van der Waals surface area contributed by atoms with Crippen LogP contribution in [0.3, 0.4) is 0 Å². The number of allylic oxidation sites excluding steroid dienone is 1. The Kier molecular flexibility index (Phi) is 4.63. The second kappa shape index (κ2) is 6.71. The maximum Gasteiger partial charge on any atom is 0.247 e. The summed E-state index contributed by atoms with van der Waals surface area (Å²) in [5.74, 6) is 5.02. The van der Waals surface area contributed by atoms with Crippen LogP contribution in [-0.4, -0.2) is 63.9 Å². The van der Waals surface area contributed by atoms with E-state index in [2.05, 4.69) is 0 Å². The minimum absolute atomic E-state index is 0.0773. The quantitative estimate of drug-likeness (QED) is 0.728. The van der Waals surface area contributed by atoms with Gasteiger partial charge >= 0.3 is 0 Å². The fourth-order valence-corrected chi connectivity index (χ4v) is 5.54. The van der Waals surface area contributed by atoms with Crippen molar-refractivity contribution in [2.75, 3.05) is 36.2 Å². The topological polar surface area (TPSA) is 40.6 Å². The molecule has 126 valence electrons. The highest BCUT2D eigenvalue weighted by Gasteiger charge is 2.40. The van der Waals surface area contributed by atoms with Crippen molar-refractivity contribution in [3.63, 3.8) is 0 Å². The van der Waals surface area contributed by atoms with Crippen LogP contribution in [0.1, 0.15) is 25.7 Å². The van der Waals surface area contributed by atoms with Crippen molar-refractivity contribution in [3.05, 3.63) is 11.6 Å². The lowest BCUT2D eigenvalue weighted by atomic mass is 10.1. The van der Waals surface area contributed by atoms with Crippen molar-refractivity contribution in [3.8, 4) is 0 Å². The van der Waals surface area contributed by atoms with Gasteiger partial charge in [-0.15, -0.1) is 11.8 Å². The lowest BCUT2D eigenvalue weighted by Gasteiger charge is -2.31. The highest BCUT2D eigenvalue weighted by molar-refractivity contribution is 7.99. The molecule has 1 atom stereocenters. The number of amides is 2. The molecule has 6 heteroatoms. The minimum atomic E-state index is -0.244. The van der Waals surface area contributed by atoms with Crippen LogP contribution in [-0.2, 0) is 9.59 Å². The molecule has 2 saturated heterocycles. The highest BCUT2D eigenvalue weighted by Crippen LogP contribution is 2.48. The largest absolute Gasteiger partial charge is 0.339 e. The van der Waals surface area contributed by atoms with Gasteiger partial charge in [-0.05, 0) is 37.5 Å². The molecule has 2 aliphatic carbocycles. The van der Waals surface area contributed by atoms with Crippen LogP contribution in [0.4, 0.5) is 0 Å². The molecule has 2 amide bonds. The first kappa shape index (κ1) is 15.9. The van der Waals surface area contributed by atoms with Crippen molar-refractivity contribution < 1.29 is 9.59 Å². The summed E-state index contributed by atoms with van der Waals surface area (Å²) in [5, 5.41) is 0. The van der Waals surface area contributed by atoms with Crippen LogP contribution in [0.15, 0.2) is 11.6 Å². The molecular formula is C17H24N2O2S2. The van der Waals surface area contributed by atoms with Gasteiger partial charge in [0.25, 0.3) is 0 Å². The number of carbonyl (C=O) groups is 2. The van der Waals surface area contributed by atoms with Gasteiger partial charge in [-0.25, -0.2) is 0 Å². The van der Waals surface area contributed by atoms with E-state index in [4.69, 9.17) is 0 Å². The summed E-state index contributed by atoms with van der Waals surface area (Å²) >= 11 is 3.61. The Morgan fingerprint density at radius 3 is 2.22 bits per heavy atom. The molecule has 0 aromatic rings. The zero-order valence-electron chi connectivity index (χ0n) is 13.4. The molecule has 0 N–H and O–H groups in total. The van der Waals surface area contributed by atoms with Gasteiger partial charge in [-0.2, -0.15) is 11.8 Å². The number of hydrogen-bond acceptors (Lipinski definition) is 4. The molecule has 4 aliphatic rings. The van der Waals surface area contributed by atoms with Crippen molar-refractivity contribution >= 4 is 35.3 Å². The average Bonchev–Trinajstić information content (AvgIpc) is 3.51. The van der Waals surface area contributed by atoms with Crippen LogP contribution in [0.2, 0.25) is 0 Å². The minimum Gasteiger partial charge on any atom is -0.339 e. The molecule has 2 heterocycles. The van der Waals surface area contributed by atoms with Crippen LogP contribution in [0, 0.1) is 11.8 Å². The van der Waals surface area contributed by atoms with E-state index in [1.54, 1.807) is 11.8 Å². The third-order valence-corrected chi connectivity index (χ3v) is 7.12. The first-order chi connectivity index (χ1) is 11.2. The van der Waals surface area contributed by atoms with E-state index >= 15 is 0 Å². The van der Waals surface area contributed by atoms with E-state index in [0.717, 1.165) is 30.3 Å². The lowest BCUT2D eigenvalue weighted by molar-refractivity contribution is -0.141. The van der Waals surface area contributed by atoms with Gasteiger partial charge in [0.05, 0.1) is 5.88 Å². The maximum atomic E-state index is 12.8. The van der Waals surface area contributed by atoms with Gasteiger partial charge in [-0.3, -0.25) is 9.59 Å². The van der Waals surface area contributed by atoms with Gasteiger partial charge in [0.15, 0.2) is 0 Å². The molecule has 4 rings (SSSR count). The van der Waals surface area contributed by atoms with E-state index in [1.165, 1.54) is 31.3 Å². The lowest BCUT2D eigenvalue weighted by Crippen LogP contribution is -2.50. The van der Waals surface area contributed by atoms with Crippen LogP contribution < -0.4 is 0 Å². The zero-order valence-corrected chi connectivity index (χ0v) is 15.0. The number of nitrogens with zero attached hydrogens (tertiary/aromatic N) is 2. The second-order valence-electron chi connectivity index (χ2n) is 6.95. The monoisotopic (exact) mass is 352 g/mol. The summed E-state index contributed by atoms with van der Waals surface area (Å²) in [7, 11) is 0. The summed E-state index contributed by atoms with van der Waals surface area (Å²) in [5.41, 5.74) is 1.38. The number of thioether (sulfide) groups is 2. The average molecular weight is 353 g/mol. The molecule has 4 fully saturated rings. The summed E-state index contributed by atoms with van der Waals surface area (Å²) in [6.45, 7) is 1.66. The SMILES string of the molecule is O=C(C1CSCN1C(=O)C=C(C1CC1)C1CC1)N1CCSCC1. The fourth-order valence-electron chi connectivity index (χ4n) is 3.49. The van der Waals surface area contributed by atoms with Gasteiger partial charge in [-0.1, -0.05) is 5.57 Å².